The Kier molecular flexibility index (Phi) is 4.98. The molecule has 2 N–H and O–H groups in total. The number of carbonyl (C=O) groups is 1. The molecule has 0 spiro atoms. The number of hydrogen-bond donors (Lipinski definition) is 1. The molecule has 5 heteroatoms. The number of halogens is 1. The number of hydrogen-bond acceptors (Lipinski definition) is 4. The summed E-state index contributed by atoms with van der Waals surface area (Å²) in [6.45, 7) is 0.418. The average molecular weight is 290 g/mol. The summed E-state index contributed by atoms with van der Waals surface area (Å²) in [7, 11) is 0. The molecule has 0 fully saturated rings. The van der Waals surface area contributed by atoms with Gasteiger partial charge in [-0.25, -0.2) is 4.79 Å². The van der Waals surface area contributed by atoms with Crippen LogP contribution >= 0.6 is 27.7 Å². The van der Waals surface area contributed by atoms with Crippen LogP contribution in [0.3, 0.4) is 0 Å². The van der Waals surface area contributed by atoms with E-state index < -0.39 is 0 Å². The molecular weight excluding hydrogens is 278 g/mol. The second-order valence-corrected chi connectivity index (χ2v) is 4.62. The van der Waals surface area contributed by atoms with Crippen molar-refractivity contribution in [1.29, 1.82) is 0 Å². The largest absolute Gasteiger partial charge is 0.461 e. The minimum atomic E-state index is -0.344. The molecule has 0 aromatic heterocycles. The van der Waals surface area contributed by atoms with E-state index in [1.165, 1.54) is 0 Å². The Morgan fingerprint density at radius 1 is 1.60 bits per heavy atom. The molecule has 0 atom stereocenters. The van der Waals surface area contributed by atoms with Gasteiger partial charge in [0.05, 0.1) is 10.0 Å². The summed E-state index contributed by atoms with van der Waals surface area (Å²) >= 11 is 4.89. The van der Waals surface area contributed by atoms with Crippen LogP contribution in [-0.4, -0.2) is 24.6 Å². The number of thioether (sulfide) groups is 1. The Bertz CT molecular complexity index is 357. The lowest BCUT2D eigenvalue weighted by molar-refractivity contribution is 0.0529. The fourth-order valence-electron chi connectivity index (χ4n) is 1.00. The molecule has 0 radical (unpaired) electrons. The van der Waals surface area contributed by atoms with Crippen LogP contribution in [0.5, 0.6) is 0 Å². The maximum absolute atomic E-state index is 11.6. The summed E-state index contributed by atoms with van der Waals surface area (Å²) in [6, 6.07) is 5.13. The van der Waals surface area contributed by atoms with Gasteiger partial charge in [-0.3, -0.25) is 0 Å². The van der Waals surface area contributed by atoms with Crippen molar-refractivity contribution in [2.24, 2.45) is 0 Å². The number of rotatable bonds is 4. The van der Waals surface area contributed by atoms with Crippen LogP contribution in [-0.2, 0) is 4.74 Å². The predicted octanol–water partition coefficient (Wildman–Crippen LogP) is 2.55. The number of anilines is 1. The Morgan fingerprint density at radius 3 is 3.00 bits per heavy atom. The number of ether oxygens (including phenoxy) is 1. The smallest absolute Gasteiger partial charge is 0.339 e. The van der Waals surface area contributed by atoms with Crippen molar-refractivity contribution in [3.8, 4) is 0 Å². The molecular formula is C10H12BrNO2S. The molecule has 0 amide bonds. The molecule has 0 unspecified atom stereocenters. The van der Waals surface area contributed by atoms with Crippen LogP contribution in [0.2, 0.25) is 0 Å². The van der Waals surface area contributed by atoms with Gasteiger partial charge in [0.15, 0.2) is 0 Å². The van der Waals surface area contributed by atoms with Gasteiger partial charge >= 0.3 is 5.97 Å². The van der Waals surface area contributed by atoms with Gasteiger partial charge in [-0.2, -0.15) is 11.8 Å². The van der Waals surface area contributed by atoms with Gasteiger partial charge in [-0.05, 0) is 34.3 Å². The number of esters is 1. The lowest BCUT2D eigenvalue weighted by Gasteiger charge is -2.06. The van der Waals surface area contributed by atoms with Gasteiger partial charge < -0.3 is 10.5 Å². The van der Waals surface area contributed by atoms with E-state index in [2.05, 4.69) is 15.9 Å². The first-order valence-electron chi connectivity index (χ1n) is 4.37. The normalized spacial score (nSPS) is 10.0. The highest BCUT2D eigenvalue weighted by molar-refractivity contribution is 9.10. The van der Waals surface area contributed by atoms with Crippen LogP contribution in [0.4, 0.5) is 5.69 Å². The zero-order valence-electron chi connectivity index (χ0n) is 8.33. The van der Waals surface area contributed by atoms with Gasteiger partial charge in [0.1, 0.15) is 6.61 Å². The molecule has 0 aliphatic heterocycles. The van der Waals surface area contributed by atoms with Crippen molar-refractivity contribution in [3.63, 3.8) is 0 Å². The standard InChI is InChI=1S/C10H12BrNO2S/c1-15-6-5-14-10(13)7-3-2-4-8(12)9(7)11/h2-4H,5-6,12H2,1H3. The summed E-state index contributed by atoms with van der Waals surface area (Å²) < 4.78 is 5.66. The number of nitrogens with two attached hydrogens (primary N) is 1. The van der Waals surface area contributed by atoms with E-state index in [1.807, 2.05) is 6.26 Å². The third kappa shape index (κ3) is 3.43. The second-order valence-electron chi connectivity index (χ2n) is 2.84. The summed E-state index contributed by atoms with van der Waals surface area (Å²) in [5.74, 6) is 0.453. The first-order chi connectivity index (χ1) is 7.16. The Morgan fingerprint density at radius 2 is 2.33 bits per heavy atom. The van der Waals surface area contributed by atoms with Crippen LogP contribution in [0, 0.1) is 0 Å². The molecule has 82 valence electrons. The van der Waals surface area contributed by atoms with Crippen LogP contribution < -0.4 is 5.73 Å². The lowest BCUT2D eigenvalue weighted by atomic mass is 10.2. The van der Waals surface area contributed by atoms with Crippen molar-refractivity contribution in [3.05, 3.63) is 28.2 Å². The van der Waals surface area contributed by atoms with Gasteiger partial charge in [-0.1, -0.05) is 6.07 Å². The van der Waals surface area contributed by atoms with Crippen molar-refractivity contribution in [2.45, 2.75) is 0 Å². The first kappa shape index (κ1) is 12.4. The summed E-state index contributed by atoms with van der Waals surface area (Å²) in [6.07, 6.45) is 1.96. The molecule has 3 nitrogen and oxygen atoms in total. The maximum Gasteiger partial charge on any atom is 0.339 e. The van der Waals surface area contributed by atoms with Gasteiger partial charge in [0, 0.05) is 11.4 Å². The van der Waals surface area contributed by atoms with Gasteiger partial charge in [0.2, 0.25) is 0 Å². The van der Waals surface area contributed by atoms with Gasteiger partial charge in [0.25, 0.3) is 0 Å². The monoisotopic (exact) mass is 289 g/mol. The van der Waals surface area contributed by atoms with Crippen molar-refractivity contribution >= 4 is 39.3 Å². The Balaban J connectivity index is 2.69. The molecule has 0 bridgehead atoms. The summed E-state index contributed by atoms with van der Waals surface area (Å²) in [5.41, 5.74) is 6.66. The highest BCUT2D eigenvalue weighted by atomic mass is 79.9. The molecule has 0 saturated heterocycles. The van der Waals surface area contributed by atoms with E-state index >= 15 is 0 Å². The maximum atomic E-state index is 11.6. The number of nitrogen functional groups attached to an aromatic ring is 1. The fourth-order valence-corrected chi connectivity index (χ4v) is 1.68. The highest BCUT2D eigenvalue weighted by Crippen LogP contribution is 2.24. The fraction of sp³-hybridized carbons (Fsp3) is 0.300. The number of benzene rings is 1. The van der Waals surface area contributed by atoms with Crippen molar-refractivity contribution in [1.82, 2.24) is 0 Å². The highest BCUT2D eigenvalue weighted by Gasteiger charge is 2.12. The lowest BCUT2D eigenvalue weighted by Crippen LogP contribution is -2.09. The number of carbonyl (C=O) groups excluding carboxylic acids is 1. The van der Waals surface area contributed by atoms with E-state index in [0.717, 1.165) is 5.75 Å². The quantitative estimate of drug-likeness (QED) is 0.526. The molecule has 1 aromatic rings. The predicted molar refractivity (Wildman–Crippen MR) is 67.2 cm³/mol. The molecule has 1 aromatic carbocycles. The zero-order chi connectivity index (χ0) is 11.3. The van der Waals surface area contributed by atoms with E-state index in [-0.39, 0.29) is 5.97 Å². The third-order valence-electron chi connectivity index (χ3n) is 1.77. The van der Waals surface area contributed by atoms with Crippen LogP contribution in [0.15, 0.2) is 22.7 Å². The summed E-state index contributed by atoms with van der Waals surface area (Å²) in [5, 5.41) is 0. The van der Waals surface area contributed by atoms with Crippen LogP contribution in [0.25, 0.3) is 0 Å². The minimum Gasteiger partial charge on any atom is -0.461 e. The molecule has 0 heterocycles. The molecule has 15 heavy (non-hydrogen) atoms. The van der Waals surface area contributed by atoms with E-state index in [9.17, 15) is 4.79 Å². The van der Waals surface area contributed by atoms with E-state index in [0.29, 0.717) is 22.3 Å². The molecule has 0 saturated carbocycles. The molecule has 0 aliphatic rings. The van der Waals surface area contributed by atoms with Crippen LogP contribution in [0.1, 0.15) is 10.4 Å². The second kappa shape index (κ2) is 6.02. The van der Waals surface area contributed by atoms with Crippen molar-refractivity contribution < 1.29 is 9.53 Å². The van der Waals surface area contributed by atoms with Crippen molar-refractivity contribution in [2.75, 3.05) is 24.3 Å². The zero-order valence-corrected chi connectivity index (χ0v) is 10.7. The SMILES string of the molecule is CSCCOC(=O)c1cccc(N)c1Br. The minimum absolute atomic E-state index is 0.344. The van der Waals surface area contributed by atoms with Gasteiger partial charge in [-0.15, -0.1) is 0 Å². The average Bonchev–Trinajstić information content (AvgIpc) is 2.22. The van der Waals surface area contributed by atoms with E-state index in [4.69, 9.17) is 10.5 Å². The third-order valence-corrected chi connectivity index (χ3v) is 3.23. The Labute approximate surface area is 101 Å². The topological polar surface area (TPSA) is 52.3 Å². The molecule has 0 aliphatic carbocycles. The first-order valence-corrected chi connectivity index (χ1v) is 6.55. The Hall–Kier alpha value is -0.680. The molecule has 1 rings (SSSR count). The van der Waals surface area contributed by atoms with E-state index in [1.54, 1.807) is 30.0 Å². The summed E-state index contributed by atoms with van der Waals surface area (Å²) in [4.78, 5) is 11.6.